The number of thiophene rings is 1. The van der Waals surface area contributed by atoms with Gasteiger partial charge in [0.15, 0.2) is 5.84 Å². The third-order valence-corrected chi connectivity index (χ3v) is 12.1. The monoisotopic (exact) mass is 762 g/mol. The van der Waals surface area contributed by atoms with E-state index in [4.69, 9.17) is 14.4 Å². The molecule has 0 spiro atoms. The quantitative estimate of drug-likeness (QED) is 0.112. The minimum absolute atomic E-state index is 0.584. The normalized spacial score (nSPS) is 12.2. The summed E-state index contributed by atoms with van der Waals surface area (Å²) < 4.78 is 9.35. The number of para-hydroxylation sites is 1. The van der Waals surface area contributed by atoms with Gasteiger partial charge in [-0.1, -0.05) is 171 Å². The number of fused-ring (bicyclic) bond motifs is 6. The van der Waals surface area contributed by atoms with Gasteiger partial charge in [0.1, 0.15) is 11.2 Å². The molecule has 10 rings (SSSR count). The maximum absolute atomic E-state index is 6.77. The van der Waals surface area contributed by atoms with Crippen LogP contribution >= 0.6 is 11.3 Å². The van der Waals surface area contributed by atoms with Gasteiger partial charge in [-0.05, 0) is 70.1 Å². The van der Waals surface area contributed by atoms with Crippen molar-refractivity contribution in [3.05, 3.63) is 211 Å². The number of amidine groups is 1. The van der Waals surface area contributed by atoms with E-state index < -0.39 is 0 Å². The topological polar surface area (TPSA) is 37.9 Å². The standard InChI is InChI=1S/C54H38N2OS/c1-3-48(39-31-29-37(30-32-39)36-17-7-4-8-18-36)56-54(40-21-11-6-12-22-40)55-35(2)42-24-15-26-45-51-43(25-16-27-49(51)57-52(42)45)41-33-46(38-19-9-5-10-20-38)53-47(34-41)44-23-13-14-28-50(44)58-53/h4-34H,2-3H2,1H3/b55-54-,56-48+. The van der Waals surface area contributed by atoms with E-state index in [-0.39, 0.29) is 0 Å². The second-order valence-electron chi connectivity index (χ2n) is 14.4. The molecule has 2 heterocycles. The van der Waals surface area contributed by atoms with Gasteiger partial charge < -0.3 is 4.42 Å². The summed E-state index contributed by atoms with van der Waals surface area (Å²) in [5.41, 5.74) is 13.0. The second-order valence-corrected chi connectivity index (χ2v) is 15.5. The van der Waals surface area contributed by atoms with Crippen molar-refractivity contribution < 1.29 is 4.42 Å². The summed E-state index contributed by atoms with van der Waals surface area (Å²) in [6, 6.07) is 65.9. The number of furan rings is 1. The lowest BCUT2D eigenvalue weighted by molar-refractivity contribution is 0.667. The average Bonchev–Trinajstić information content (AvgIpc) is 3.87. The molecule has 0 bridgehead atoms. The van der Waals surface area contributed by atoms with Gasteiger partial charge in [0.25, 0.3) is 0 Å². The lowest BCUT2D eigenvalue weighted by atomic mass is 9.93. The molecule has 8 aromatic carbocycles. The Morgan fingerprint density at radius 2 is 1.19 bits per heavy atom. The van der Waals surface area contributed by atoms with E-state index in [9.17, 15) is 0 Å². The predicted molar refractivity (Wildman–Crippen MR) is 248 cm³/mol. The zero-order valence-electron chi connectivity index (χ0n) is 32.0. The van der Waals surface area contributed by atoms with Crippen LogP contribution < -0.4 is 0 Å². The van der Waals surface area contributed by atoms with E-state index in [0.717, 1.165) is 61.9 Å². The van der Waals surface area contributed by atoms with E-state index in [2.05, 4.69) is 159 Å². The highest BCUT2D eigenvalue weighted by atomic mass is 32.1. The molecule has 58 heavy (non-hydrogen) atoms. The minimum atomic E-state index is 0.584. The Labute approximate surface area is 341 Å². The Bertz CT molecular complexity index is 3190. The van der Waals surface area contributed by atoms with Crippen molar-refractivity contribution in [2.75, 3.05) is 0 Å². The van der Waals surface area contributed by atoms with Gasteiger partial charge in [-0.15, -0.1) is 11.3 Å². The first-order valence-corrected chi connectivity index (χ1v) is 20.5. The second kappa shape index (κ2) is 15.1. The van der Waals surface area contributed by atoms with E-state index in [1.165, 1.54) is 42.4 Å². The molecular weight excluding hydrogens is 725 g/mol. The van der Waals surface area contributed by atoms with E-state index in [1.807, 2.05) is 53.8 Å². The summed E-state index contributed by atoms with van der Waals surface area (Å²) in [7, 11) is 0. The molecule has 0 atom stereocenters. The summed E-state index contributed by atoms with van der Waals surface area (Å²) >= 11 is 1.86. The molecule has 4 heteroatoms. The first kappa shape index (κ1) is 35.3. The highest BCUT2D eigenvalue weighted by Gasteiger charge is 2.20. The average molecular weight is 763 g/mol. The van der Waals surface area contributed by atoms with Gasteiger partial charge in [-0.2, -0.15) is 0 Å². The predicted octanol–water partition coefficient (Wildman–Crippen LogP) is 15.3. The summed E-state index contributed by atoms with van der Waals surface area (Å²) in [5, 5.41) is 4.63. The molecule has 3 nitrogen and oxygen atoms in total. The summed E-state index contributed by atoms with van der Waals surface area (Å²) in [5.74, 6) is 0.605. The lowest BCUT2D eigenvalue weighted by Crippen LogP contribution is -2.06. The van der Waals surface area contributed by atoms with Crippen molar-refractivity contribution in [2.45, 2.75) is 13.3 Å². The summed E-state index contributed by atoms with van der Waals surface area (Å²) in [6.07, 6.45) is 0.740. The van der Waals surface area contributed by atoms with Crippen molar-refractivity contribution in [1.29, 1.82) is 0 Å². The van der Waals surface area contributed by atoms with Gasteiger partial charge in [0.2, 0.25) is 0 Å². The van der Waals surface area contributed by atoms with Crippen LogP contribution in [0.2, 0.25) is 0 Å². The molecule has 276 valence electrons. The Balaban J connectivity index is 1.09. The van der Waals surface area contributed by atoms with Crippen molar-refractivity contribution in [3.8, 4) is 33.4 Å². The van der Waals surface area contributed by atoms with Crippen molar-refractivity contribution >= 4 is 70.7 Å². The zero-order chi connectivity index (χ0) is 39.0. The Hall–Kier alpha value is -7.14. The van der Waals surface area contributed by atoms with Crippen LogP contribution in [-0.2, 0) is 0 Å². The van der Waals surface area contributed by atoms with Crippen LogP contribution in [0.3, 0.4) is 0 Å². The lowest BCUT2D eigenvalue weighted by Gasteiger charge is -2.10. The van der Waals surface area contributed by atoms with E-state index >= 15 is 0 Å². The molecular formula is C54H38N2OS. The summed E-state index contributed by atoms with van der Waals surface area (Å²) in [6.45, 7) is 6.66. The molecule has 0 radical (unpaired) electrons. The Morgan fingerprint density at radius 1 is 0.534 bits per heavy atom. The van der Waals surface area contributed by atoms with Crippen LogP contribution in [0.25, 0.3) is 81.2 Å². The van der Waals surface area contributed by atoms with Crippen molar-refractivity contribution in [3.63, 3.8) is 0 Å². The van der Waals surface area contributed by atoms with Gasteiger partial charge >= 0.3 is 0 Å². The highest BCUT2D eigenvalue weighted by Crippen LogP contribution is 2.45. The van der Waals surface area contributed by atoms with Crippen LogP contribution in [0.1, 0.15) is 30.0 Å². The number of hydrogen-bond donors (Lipinski definition) is 0. The molecule has 0 aliphatic carbocycles. The number of hydrogen-bond acceptors (Lipinski definition) is 3. The van der Waals surface area contributed by atoms with Gasteiger partial charge in [-0.3, -0.25) is 0 Å². The fourth-order valence-electron chi connectivity index (χ4n) is 8.02. The molecule has 0 amide bonds. The Morgan fingerprint density at radius 3 is 1.95 bits per heavy atom. The number of rotatable bonds is 8. The van der Waals surface area contributed by atoms with Crippen LogP contribution in [-0.4, -0.2) is 11.5 Å². The molecule has 0 aliphatic heterocycles. The van der Waals surface area contributed by atoms with E-state index in [1.54, 1.807) is 0 Å². The summed E-state index contributed by atoms with van der Waals surface area (Å²) in [4.78, 5) is 10.4. The number of benzene rings is 8. The maximum Gasteiger partial charge on any atom is 0.160 e. The van der Waals surface area contributed by atoms with Crippen molar-refractivity contribution in [1.82, 2.24) is 0 Å². The molecule has 0 unspecified atom stereocenters. The van der Waals surface area contributed by atoms with Gasteiger partial charge in [0, 0.05) is 53.3 Å². The fourth-order valence-corrected chi connectivity index (χ4v) is 9.24. The van der Waals surface area contributed by atoms with Crippen molar-refractivity contribution in [2.24, 2.45) is 9.98 Å². The van der Waals surface area contributed by atoms with Gasteiger partial charge in [0.05, 0.1) is 5.70 Å². The van der Waals surface area contributed by atoms with Crippen LogP contribution in [0, 0.1) is 0 Å². The first-order valence-electron chi connectivity index (χ1n) is 19.6. The number of nitrogens with zero attached hydrogens (tertiary/aromatic N) is 2. The highest BCUT2D eigenvalue weighted by molar-refractivity contribution is 7.26. The largest absolute Gasteiger partial charge is 0.455 e. The fraction of sp³-hybridized carbons (Fsp3) is 0.0370. The molecule has 0 fully saturated rings. The molecule has 0 saturated carbocycles. The van der Waals surface area contributed by atoms with Gasteiger partial charge in [-0.25, -0.2) is 9.98 Å². The van der Waals surface area contributed by atoms with E-state index in [0.29, 0.717) is 11.5 Å². The SMILES string of the molecule is C=C(/N=C(\N=C(/CC)c1ccc(-c2ccccc2)cc1)c1ccccc1)c1cccc2c1oc1cccc(-c3cc(-c4ccccc4)c4sc5ccccc5c4c3)c12. The van der Waals surface area contributed by atoms with Crippen LogP contribution in [0.4, 0.5) is 0 Å². The maximum atomic E-state index is 6.77. The molecule has 2 aromatic heterocycles. The zero-order valence-corrected chi connectivity index (χ0v) is 32.8. The molecule has 0 N–H and O–H groups in total. The third kappa shape index (κ3) is 6.44. The molecule has 0 saturated heterocycles. The third-order valence-electron chi connectivity index (χ3n) is 10.9. The van der Waals surface area contributed by atoms with Crippen LogP contribution in [0.15, 0.2) is 209 Å². The number of aliphatic imine (C=N–C) groups is 2. The first-order chi connectivity index (χ1) is 28.6. The smallest absolute Gasteiger partial charge is 0.160 e. The molecule has 0 aliphatic rings. The van der Waals surface area contributed by atoms with Crippen LogP contribution in [0.5, 0.6) is 0 Å². The minimum Gasteiger partial charge on any atom is -0.455 e. The molecule has 10 aromatic rings. The Kier molecular flexibility index (Phi) is 9.17.